The quantitative estimate of drug-likeness (QED) is 0.635. The number of fused-ring (bicyclic) bond motifs is 5. The molecule has 1 heterocycles. The van der Waals surface area contributed by atoms with E-state index < -0.39 is 35.2 Å². The molecule has 0 aromatic heterocycles. The van der Waals surface area contributed by atoms with E-state index in [1.807, 2.05) is 19.1 Å². The predicted octanol–water partition coefficient (Wildman–Crippen LogP) is 4.05. The zero-order valence-electron chi connectivity index (χ0n) is 19.1. The molecular formula is C26H32FNO5. The number of rotatable bonds is 3. The number of amides is 1. The lowest BCUT2D eigenvalue weighted by molar-refractivity contribution is -0.183. The van der Waals surface area contributed by atoms with Crippen LogP contribution in [-0.2, 0) is 14.4 Å². The number of piperidine rings is 1. The lowest BCUT2D eigenvalue weighted by Crippen LogP contribution is -2.68. The minimum Gasteiger partial charge on any atom is -0.481 e. The molecule has 4 aliphatic rings. The third-order valence-electron chi connectivity index (χ3n) is 10.2. The number of hydrogen-bond donors (Lipinski definition) is 3. The lowest BCUT2D eigenvalue weighted by Gasteiger charge is -2.63. The molecule has 178 valence electrons. The molecule has 3 aliphatic carbocycles. The molecule has 6 nitrogen and oxygen atoms in total. The van der Waals surface area contributed by atoms with Crippen LogP contribution < -0.4 is 5.32 Å². The van der Waals surface area contributed by atoms with Gasteiger partial charge in [0.15, 0.2) is 0 Å². The number of benzene rings is 1. The van der Waals surface area contributed by atoms with Crippen molar-refractivity contribution in [3.8, 4) is 0 Å². The topological polar surface area (TPSA) is 104 Å². The van der Waals surface area contributed by atoms with Gasteiger partial charge in [0.25, 0.3) is 0 Å². The van der Waals surface area contributed by atoms with Crippen molar-refractivity contribution in [2.24, 2.45) is 40.4 Å². The Kier molecular flexibility index (Phi) is 5.11. The van der Waals surface area contributed by atoms with Crippen LogP contribution in [0.25, 0.3) is 0 Å². The van der Waals surface area contributed by atoms with Crippen LogP contribution in [0.3, 0.4) is 0 Å². The first kappa shape index (κ1) is 22.4. The highest BCUT2D eigenvalue weighted by Gasteiger charge is 2.67. The number of halogens is 1. The van der Waals surface area contributed by atoms with E-state index in [1.165, 1.54) is 6.07 Å². The Hall–Kier alpha value is -2.44. The first-order valence-corrected chi connectivity index (χ1v) is 12.1. The number of nitrogens with one attached hydrogen (secondary N) is 1. The van der Waals surface area contributed by atoms with E-state index in [-0.39, 0.29) is 53.7 Å². The maximum atomic E-state index is 14.8. The van der Waals surface area contributed by atoms with Gasteiger partial charge in [-0.25, -0.2) is 4.39 Å². The molecule has 1 amide bonds. The summed E-state index contributed by atoms with van der Waals surface area (Å²) in [4.78, 5) is 37.1. The number of carboxylic acids is 2. The van der Waals surface area contributed by atoms with Gasteiger partial charge in [-0.2, -0.15) is 0 Å². The van der Waals surface area contributed by atoms with Crippen molar-refractivity contribution in [2.75, 3.05) is 0 Å². The van der Waals surface area contributed by atoms with Crippen molar-refractivity contribution in [1.29, 1.82) is 0 Å². The average Bonchev–Trinajstić information content (AvgIpc) is 3.10. The molecule has 3 N–H and O–H groups in total. The van der Waals surface area contributed by atoms with Gasteiger partial charge in [-0.3, -0.25) is 14.4 Å². The molecule has 9 atom stereocenters. The minimum atomic E-state index is -0.978. The second-order valence-electron chi connectivity index (χ2n) is 11.2. The molecule has 0 bridgehead atoms. The summed E-state index contributed by atoms with van der Waals surface area (Å²) in [6, 6.07) is 6.43. The Labute approximate surface area is 192 Å². The van der Waals surface area contributed by atoms with Gasteiger partial charge in [-0.1, -0.05) is 32.0 Å². The monoisotopic (exact) mass is 457 g/mol. The molecule has 1 aromatic carbocycles. The zero-order valence-corrected chi connectivity index (χ0v) is 19.1. The molecule has 4 unspecified atom stereocenters. The summed E-state index contributed by atoms with van der Waals surface area (Å²) in [5.74, 6) is -4.06. The zero-order chi connectivity index (χ0) is 23.7. The highest BCUT2D eigenvalue weighted by molar-refractivity contribution is 5.85. The van der Waals surface area contributed by atoms with Crippen LogP contribution in [0.15, 0.2) is 24.3 Å². The van der Waals surface area contributed by atoms with Gasteiger partial charge < -0.3 is 15.5 Å². The molecule has 3 saturated carbocycles. The second kappa shape index (κ2) is 7.54. The number of carbonyl (C=O) groups is 3. The Bertz CT molecular complexity index is 1010. The van der Waals surface area contributed by atoms with Crippen molar-refractivity contribution in [1.82, 2.24) is 5.32 Å². The smallest absolute Gasteiger partial charge is 0.307 e. The molecule has 0 radical (unpaired) electrons. The second-order valence-corrected chi connectivity index (χ2v) is 11.2. The number of hydrogen-bond acceptors (Lipinski definition) is 3. The Balaban J connectivity index is 1.58. The molecule has 7 heteroatoms. The standard InChI is InChI=1S/C26H32FNO5/c1-25-10-9-17-22(16(25)8-7-15(25)13-5-3-4-6-19(13)27)14(23(30)31)11-20-26(17,2)18(24(32)33)12-21(29)28-20/h3-6,14-18,20,22H,7-12H2,1-2H3,(H,28,29)(H,30,31)(H,32,33)/t14?,15?,16-,17+,18?,20?,22-,25+,26-/m0/s1. The van der Waals surface area contributed by atoms with E-state index in [4.69, 9.17) is 0 Å². The summed E-state index contributed by atoms with van der Waals surface area (Å²) >= 11 is 0. The summed E-state index contributed by atoms with van der Waals surface area (Å²) in [5, 5.41) is 23.2. The Morgan fingerprint density at radius 2 is 1.79 bits per heavy atom. The highest BCUT2D eigenvalue weighted by Crippen LogP contribution is 2.69. The molecular weight excluding hydrogens is 425 g/mol. The fourth-order valence-electron chi connectivity index (χ4n) is 8.67. The summed E-state index contributed by atoms with van der Waals surface area (Å²) < 4.78 is 14.8. The van der Waals surface area contributed by atoms with Gasteiger partial charge in [0.1, 0.15) is 5.82 Å². The first-order chi connectivity index (χ1) is 15.6. The van der Waals surface area contributed by atoms with Crippen molar-refractivity contribution < 1.29 is 29.0 Å². The largest absolute Gasteiger partial charge is 0.481 e. The van der Waals surface area contributed by atoms with Gasteiger partial charge in [-0.15, -0.1) is 0 Å². The first-order valence-electron chi connectivity index (χ1n) is 12.1. The minimum absolute atomic E-state index is 0.0194. The normalized spacial score (nSPS) is 44.2. The fourth-order valence-corrected chi connectivity index (χ4v) is 8.67. The maximum Gasteiger partial charge on any atom is 0.307 e. The summed E-state index contributed by atoms with van der Waals surface area (Å²) in [6.45, 7) is 4.14. The highest BCUT2D eigenvalue weighted by atomic mass is 19.1. The van der Waals surface area contributed by atoms with Gasteiger partial charge in [0.2, 0.25) is 5.91 Å². The van der Waals surface area contributed by atoms with Crippen LogP contribution in [0.1, 0.15) is 63.9 Å². The van der Waals surface area contributed by atoms with Crippen molar-refractivity contribution >= 4 is 17.8 Å². The fraction of sp³-hybridized carbons (Fsp3) is 0.654. The Morgan fingerprint density at radius 1 is 1.06 bits per heavy atom. The Morgan fingerprint density at radius 3 is 2.45 bits per heavy atom. The molecule has 0 spiro atoms. The van der Waals surface area contributed by atoms with Gasteiger partial charge in [0.05, 0.1) is 11.8 Å². The molecule has 1 saturated heterocycles. The van der Waals surface area contributed by atoms with Gasteiger partial charge in [0, 0.05) is 17.9 Å². The molecule has 1 aromatic rings. The number of carboxylic acid groups (broad SMARTS) is 2. The molecule has 1 aliphatic heterocycles. The predicted molar refractivity (Wildman–Crippen MR) is 118 cm³/mol. The van der Waals surface area contributed by atoms with E-state index in [9.17, 15) is 29.0 Å². The maximum absolute atomic E-state index is 14.8. The van der Waals surface area contributed by atoms with Crippen LogP contribution in [0.2, 0.25) is 0 Å². The van der Waals surface area contributed by atoms with E-state index in [0.717, 1.165) is 19.3 Å². The molecule has 33 heavy (non-hydrogen) atoms. The molecule has 4 fully saturated rings. The third-order valence-corrected chi connectivity index (χ3v) is 10.2. The average molecular weight is 458 g/mol. The summed E-state index contributed by atoms with van der Waals surface area (Å²) in [7, 11) is 0. The van der Waals surface area contributed by atoms with E-state index in [1.54, 1.807) is 6.07 Å². The van der Waals surface area contributed by atoms with Crippen molar-refractivity contribution in [3.63, 3.8) is 0 Å². The molecule has 5 rings (SSSR count). The van der Waals surface area contributed by atoms with Crippen LogP contribution in [0.4, 0.5) is 4.39 Å². The summed E-state index contributed by atoms with van der Waals surface area (Å²) in [5.41, 5.74) is -0.230. The van der Waals surface area contributed by atoms with Gasteiger partial charge >= 0.3 is 11.9 Å². The summed E-state index contributed by atoms with van der Waals surface area (Å²) in [6.07, 6.45) is 3.29. The van der Waals surface area contributed by atoms with Crippen LogP contribution in [0, 0.1) is 46.2 Å². The van der Waals surface area contributed by atoms with Crippen molar-refractivity contribution in [2.45, 2.75) is 64.3 Å². The van der Waals surface area contributed by atoms with E-state index in [2.05, 4.69) is 12.2 Å². The van der Waals surface area contributed by atoms with Crippen LogP contribution >= 0.6 is 0 Å². The van der Waals surface area contributed by atoms with Crippen LogP contribution in [0.5, 0.6) is 0 Å². The van der Waals surface area contributed by atoms with Crippen LogP contribution in [-0.4, -0.2) is 34.1 Å². The number of aliphatic carboxylic acids is 2. The lowest BCUT2D eigenvalue weighted by atomic mass is 9.42. The van der Waals surface area contributed by atoms with E-state index in [0.29, 0.717) is 12.0 Å². The van der Waals surface area contributed by atoms with Crippen molar-refractivity contribution in [3.05, 3.63) is 35.6 Å². The number of carbonyl (C=O) groups excluding carboxylic acids is 1. The van der Waals surface area contributed by atoms with Gasteiger partial charge in [-0.05, 0) is 72.8 Å². The van der Waals surface area contributed by atoms with E-state index >= 15 is 0 Å². The third kappa shape index (κ3) is 3.07. The SMILES string of the molecule is C[C@]12C(CC(C(=O)O)[C@@H]3[C@H]1CC[C@]1(C)C(c4ccccc4F)CC[C@@H]31)NC(=O)CC2C(=O)O.